The average molecular weight is 459 g/mol. The minimum Gasteiger partial charge on any atom is -0.493 e. The zero-order valence-electron chi connectivity index (χ0n) is 19.1. The number of hydrogen-bond acceptors (Lipinski definition) is 6. The fourth-order valence-corrected chi connectivity index (χ4v) is 2.73. The van der Waals surface area contributed by atoms with Crippen LogP contribution >= 0.6 is 0 Å². The summed E-state index contributed by atoms with van der Waals surface area (Å²) in [5.74, 6) is 0.623. The molecule has 2 aromatic rings. The predicted molar refractivity (Wildman–Crippen MR) is 117 cm³/mol. The Morgan fingerprint density at radius 2 is 1.88 bits per heavy atom. The first kappa shape index (κ1) is 27.4. The van der Waals surface area contributed by atoms with Gasteiger partial charge in [0, 0.05) is 25.2 Å². The van der Waals surface area contributed by atoms with E-state index in [2.05, 4.69) is 17.1 Å². The van der Waals surface area contributed by atoms with Crippen LogP contribution in [0.2, 0.25) is 0 Å². The summed E-state index contributed by atoms with van der Waals surface area (Å²) in [5, 5.41) is 10.1. The number of benzene rings is 1. The predicted octanol–water partition coefficient (Wildman–Crippen LogP) is 5.80. The second-order valence-electron chi connectivity index (χ2n) is 7.44. The Kier molecular flexibility index (Phi) is 11.8. The van der Waals surface area contributed by atoms with Crippen molar-refractivity contribution in [2.45, 2.75) is 65.0 Å². The van der Waals surface area contributed by atoms with E-state index in [1.807, 2.05) is 6.92 Å². The van der Waals surface area contributed by atoms with E-state index in [-0.39, 0.29) is 35.5 Å². The highest BCUT2D eigenvalue weighted by Crippen LogP contribution is 2.38. The van der Waals surface area contributed by atoms with Crippen molar-refractivity contribution in [2.24, 2.45) is 5.73 Å². The minimum absolute atomic E-state index is 0.0676. The van der Waals surface area contributed by atoms with Crippen molar-refractivity contribution >= 4 is 5.84 Å². The summed E-state index contributed by atoms with van der Waals surface area (Å²) < 4.78 is 56.0. The Morgan fingerprint density at radius 3 is 2.47 bits per heavy atom. The number of alkyl halides is 3. The topological polar surface area (TPSA) is 107 Å². The monoisotopic (exact) mass is 458 g/mol. The van der Waals surface area contributed by atoms with Gasteiger partial charge in [0.05, 0.1) is 18.0 Å². The molecule has 0 unspecified atom stereocenters. The number of nitrogens with zero attached hydrogens (tertiary/aromatic N) is 2. The van der Waals surface area contributed by atoms with Crippen molar-refractivity contribution in [2.75, 3.05) is 20.3 Å². The van der Waals surface area contributed by atoms with Gasteiger partial charge in [0.1, 0.15) is 5.75 Å². The maximum atomic E-state index is 13.5. The molecule has 0 aliphatic rings. The van der Waals surface area contributed by atoms with E-state index in [4.69, 9.17) is 25.1 Å². The lowest BCUT2D eigenvalue weighted by Gasteiger charge is -2.14. The Hall–Kier alpha value is -2.62. The van der Waals surface area contributed by atoms with Crippen LogP contribution in [0.4, 0.5) is 13.2 Å². The molecule has 2 rings (SSSR count). The van der Waals surface area contributed by atoms with Gasteiger partial charge in [-0.1, -0.05) is 31.8 Å². The van der Waals surface area contributed by atoms with Crippen LogP contribution in [-0.2, 0) is 10.9 Å². The van der Waals surface area contributed by atoms with Gasteiger partial charge in [0.15, 0.2) is 0 Å². The first-order valence-corrected chi connectivity index (χ1v) is 10.6. The van der Waals surface area contributed by atoms with Crippen molar-refractivity contribution in [3.8, 4) is 17.1 Å². The molecule has 0 bridgehead atoms. The molecule has 7 nitrogen and oxygen atoms in total. The summed E-state index contributed by atoms with van der Waals surface area (Å²) in [6.07, 6.45) is -0.254. The third-order valence-corrected chi connectivity index (χ3v) is 4.40. The molecule has 0 fully saturated rings. The van der Waals surface area contributed by atoms with Crippen LogP contribution in [0.3, 0.4) is 0 Å². The number of amidine groups is 1. The van der Waals surface area contributed by atoms with Crippen molar-refractivity contribution < 1.29 is 27.2 Å². The van der Waals surface area contributed by atoms with E-state index < -0.39 is 11.7 Å². The number of ether oxygens (including phenoxy) is 2. The Bertz CT molecular complexity index is 821. The van der Waals surface area contributed by atoms with Gasteiger partial charge < -0.3 is 19.7 Å². The number of aromatic nitrogens is 2. The molecule has 180 valence electrons. The second kappa shape index (κ2) is 13.7. The number of hydrogen-bond donors (Lipinski definition) is 2. The molecule has 1 atom stereocenters. The molecule has 10 heteroatoms. The zero-order chi connectivity index (χ0) is 24.1. The number of nitrogens with one attached hydrogen (secondary N) is 1. The van der Waals surface area contributed by atoms with Gasteiger partial charge in [0.25, 0.3) is 0 Å². The smallest absolute Gasteiger partial charge is 0.419 e. The van der Waals surface area contributed by atoms with E-state index in [1.54, 1.807) is 7.11 Å². The number of rotatable bonds is 11. The molecule has 0 saturated carbocycles. The third-order valence-electron chi connectivity index (χ3n) is 4.40. The molecule has 1 aromatic heterocycles. The van der Waals surface area contributed by atoms with Gasteiger partial charge in [-0.2, -0.15) is 18.2 Å². The van der Waals surface area contributed by atoms with Crippen molar-refractivity contribution in [3.05, 3.63) is 29.7 Å². The lowest BCUT2D eigenvalue weighted by molar-refractivity contribution is -0.138. The van der Waals surface area contributed by atoms with Crippen LogP contribution in [-0.4, -0.2) is 36.3 Å². The molecule has 1 heterocycles. The molecule has 0 spiro atoms. The van der Waals surface area contributed by atoms with Crippen LogP contribution in [0.5, 0.6) is 5.75 Å². The Labute approximate surface area is 187 Å². The van der Waals surface area contributed by atoms with Gasteiger partial charge in [-0.25, -0.2) is 0 Å². The number of unbranched alkanes of at least 4 members (excludes halogenated alkanes) is 2. The number of halogens is 3. The fraction of sp³-hybridized carbons (Fsp3) is 0.591. The van der Waals surface area contributed by atoms with Crippen LogP contribution in [0.15, 0.2) is 22.7 Å². The van der Waals surface area contributed by atoms with E-state index in [0.29, 0.717) is 18.9 Å². The molecule has 0 radical (unpaired) electrons. The van der Waals surface area contributed by atoms with Gasteiger partial charge in [-0.15, -0.1) is 0 Å². The normalized spacial score (nSPS) is 12.1. The largest absolute Gasteiger partial charge is 0.493 e. The van der Waals surface area contributed by atoms with Crippen molar-refractivity contribution in [1.82, 2.24) is 10.1 Å². The summed E-state index contributed by atoms with van der Waals surface area (Å²) in [5.41, 5.74) is 4.10. The van der Waals surface area contributed by atoms with Gasteiger partial charge in [0.2, 0.25) is 11.7 Å². The van der Waals surface area contributed by atoms with E-state index >= 15 is 0 Å². The second-order valence-corrected chi connectivity index (χ2v) is 7.44. The van der Waals surface area contributed by atoms with E-state index in [0.717, 1.165) is 31.7 Å². The SMILES string of the molecule is CC(=N)N.CCCC[C@H](C)c1nc(-c2ccc(OCCCCOC)c(C(F)(F)F)c2)no1. The number of nitrogens with two attached hydrogens (primary N) is 1. The average Bonchev–Trinajstić information content (AvgIpc) is 3.21. The van der Waals surface area contributed by atoms with Crippen LogP contribution in [0, 0.1) is 5.41 Å². The maximum Gasteiger partial charge on any atom is 0.419 e. The Balaban J connectivity index is 0.00000118. The van der Waals surface area contributed by atoms with Crippen LogP contribution in [0.25, 0.3) is 11.4 Å². The molecular formula is C22H33F3N4O3. The lowest BCUT2D eigenvalue weighted by Crippen LogP contribution is -2.10. The van der Waals surface area contributed by atoms with Crippen LogP contribution in [0.1, 0.15) is 70.2 Å². The van der Waals surface area contributed by atoms with Crippen molar-refractivity contribution in [3.63, 3.8) is 0 Å². The van der Waals surface area contributed by atoms with Gasteiger partial charge in [-0.05, 0) is 44.4 Å². The standard InChI is InChI=1S/C20H27F3N2O3.C2H6N2/c1-4-5-8-14(2)19-24-18(25-28-19)15-9-10-17(16(13-15)20(21,22)23)27-12-7-6-11-26-3;1-2(3)4/h9-10,13-14H,4-8,11-12H2,1-3H3;1H3,(H3,3,4)/t14-;/m0./s1. The summed E-state index contributed by atoms with van der Waals surface area (Å²) in [7, 11) is 1.58. The Morgan fingerprint density at radius 1 is 1.22 bits per heavy atom. The van der Waals surface area contributed by atoms with Gasteiger partial charge >= 0.3 is 6.18 Å². The first-order valence-electron chi connectivity index (χ1n) is 10.6. The number of methoxy groups -OCH3 is 1. The maximum absolute atomic E-state index is 13.5. The molecule has 1 aromatic carbocycles. The fourth-order valence-electron chi connectivity index (χ4n) is 2.73. The zero-order valence-corrected chi connectivity index (χ0v) is 19.1. The quantitative estimate of drug-likeness (QED) is 0.250. The molecule has 0 aliphatic heterocycles. The lowest BCUT2D eigenvalue weighted by atomic mass is 10.0. The van der Waals surface area contributed by atoms with E-state index in [9.17, 15) is 13.2 Å². The highest BCUT2D eigenvalue weighted by atomic mass is 19.4. The van der Waals surface area contributed by atoms with Gasteiger partial charge in [-0.3, -0.25) is 5.41 Å². The van der Waals surface area contributed by atoms with Crippen molar-refractivity contribution in [1.29, 1.82) is 5.41 Å². The molecule has 0 amide bonds. The highest BCUT2D eigenvalue weighted by molar-refractivity contribution is 5.73. The third kappa shape index (κ3) is 9.67. The molecule has 0 saturated heterocycles. The molecule has 32 heavy (non-hydrogen) atoms. The first-order chi connectivity index (χ1) is 15.1. The minimum atomic E-state index is -4.54. The molecular weight excluding hydrogens is 425 g/mol. The summed E-state index contributed by atoms with van der Waals surface area (Å²) in [6.45, 7) is 6.32. The van der Waals surface area contributed by atoms with Crippen LogP contribution < -0.4 is 10.5 Å². The molecule has 0 aliphatic carbocycles. The van der Waals surface area contributed by atoms with E-state index in [1.165, 1.54) is 19.1 Å². The summed E-state index contributed by atoms with van der Waals surface area (Å²) in [4.78, 5) is 4.28. The summed E-state index contributed by atoms with van der Waals surface area (Å²) in [6, 6.07) is 3.84. The summed E-state index contributed by atoms with van der Waals surface area (Å²) >= 11 is 0. The molecule has 3 N–H and O–H groups in total. The highest BCUT2D eigenvalue weighted by Gasteiger charge is 2.35.